The van der Waals surface area contributed by atoms with Gasteiger partial charge in [0.25, 0.3) is 0 Å². The SMILES string of the molecule is CCN(CC)c1ccc2nc3ccc(N=Nc4ccc(N(C)CCCC(=O)NCCCC[C@H](NC(=O)[C@H](CC(C)C)NC(=O)[C@H](C)NC(=O)[C@H](CC(C)C)NC(=O)[C@@H]5CCCN5)C(=O)N[C@@H](C)C(=O)N[C@@H](CCCN=C(N)N)C(=O)[O-])cc4)cc3[n+](-c3ccccc3)c2c1. The number of nitrogens with two attached hydrogens (primary N) is 2. The van der Waals surface area contributed by atoms with Crippen LogP contribution in [-0.2, 0) is 38.4 Å². The number of carboxylic acids is 1. The summed E-state index contributed by atoms with van der Waals surface area (Å²) >= 11 is 0. The van der Waals surface area contributed by atoms with E-state index in [0.717, 1.165) is 58.6 Å². The summed E-state index contributed by atoms with van der Waals surface area (Å²) in [6.45, 7) is 18.0. The van der Waals surface area contributed by atoms with Crippen molar-refractivity contribution in [2.75, 3.05) is 56.1 Å². The van der Waals surface area contributed by atoms with Crippen LogP contribution in [0.1, 0.15) is 126 Å². The zero-order chi connectivity index (χ0) is 68.4. The lowest BCUT2D eigenvalue weighted by molar-refractivity contribution is -0.538. The highest BCUT2D eigenvalue weighted by Gasteiger charge is 2.33. The summed E-state index contributed by atoms with van der Waals surface area (Å²) in [5.74, 6) is -5.86. The molecule has 1 fully saturated rings. The maximum absolute atomic E-state index is 14.2. The van der Waals surface area contributed by atoms with Gasteiger partial charge in [0.15, 0.2) is 5.96 Å². The summed E-state index contributed by atoms with van der Waals surface area (Å²) in [6.07, 6.45) is 3.61. The molecule has 0 radical (unpaired) electrons. The van der Waals surface area contributed by atoms with Gasteiger partial charge in [-0.1, -0.05) is 45.9 Å². The predicted molar refractivity (Wildman–Crippen MR) is 362 cm³/mol. The molecule has 26 heteroatoms. The molecule has 1 aliphatic rings. The fourth-order valence-corrected chi connectivity index (χ4v) is 11.1. The summed E-state index contributed by atoms with van der Waals surface area (Å²) in [5, 5.41) is 43.2. The van der Waals surface area contributed by atoms with E-state index in [-0.39, 0.29) is 74.8 Å². The Hall–Kier alpha value is -9.33. The molecule has 12 N–H and O–H groups in total. The van der Waals surface area contributed by atoms with Crippen LogP contribution in [0.15, 0.2) is 106 Å². The lowest BCUT2D eigenvalue weighted by Gasteiger charge is -2.27. The second-order valence-electron chi connectivity index (χ2n) is 24.8. The number of aliphatic carboxylic acids is 1. The number of guanidine groups is 1. The van der Waals surface area contributed by atoms with Gasteiger partial charge in [0.1, 0.15) is 41.2 Å². The monoisotopic (exact) mass is 1300 g/mol. The molecule has 1 aliphatic heterocycles. The number of para-hydroxylation sites is 1. The van der Waals surface area contributed by atoms with Crippen LogP contribution in [0.5, 0.6) is 0 Å². The standard InChI is InChI=1S/C68H97N17O9/c1-10-84(11-2)50-31-33-52-59(41-50)85(49-20-13-12-14-21-49)58-40-47(28-32-51(58)76-52)82-81-46-26-29-48(30-27-46)83(9)37-19-25-60(86)72-34-16-15-22-54(64(90)74-44(7)61(87)78-55(67(93)94)24-18-36-73-68(69)70)77-66(92)57(39-43(5)6)79-62(88)45(8)75-65(91)56(38-42(3)4)80-63(89)53-23-17-35-71-53/h12-14,20-21,26-33,40-45,53-57,71H,10-11,15-19,22-25,34-39H2,1-9H3,(H11-,69,70,72,73,74,75,77,78,79,80,86,87,88,89,90,91,92,93,94)/t44-,45-,53-,54-,55-,56-,57-/m0/s1. The summed E-state index contributed by atoms with van der Waals surface area (Å²) in [6, 6.07) is 22.6. The highest BCUT2D eigenvalue weighted by atomic mass is 16.4. The number of unbranched alkanes of at least 4 members (excludes halogenated alkanes) is 1. The molecular formula is C68H97N17O9. The fourth-order valence-electron chi connectivity index (χ4n) is 11.1. The van der Waals surface area contributed by atoms with Crippen molar-refractivity contribution >= 4 is 98.1 Å². The molecule has 0 spiro atoms. The predicted octanol–water partition coefficient (Wildman–Crippen LogP) is 4.03. The normalized spacial score (nSPS) is 14.9. The van der Waals surface area contributed by atoms with Gasteiger partial charge >= 0.3 is 0 Å². The summed E-state index contributed by atoms with van der Waals surface area (Å²) in [4.78, 5) is 120. The van der Waals surface area contributed by atoms with Crippen LogP contribution in [-0.4, -0.2) is 147 Å². The van der Waals surface area contributed by atoms with Crippen LogP contribution in [0, 0.1) is 11.8 Å². The van der Waals surface area contributed by atoms with Gasteiger partial charge in [-0.3, -0.25) is 38.6 Å². The van der Waals surface area contributed by atoms with E-state index in [9.17, 15) is 43.5 Å². The molecule has 7 atom stereocenters. The molecule has 2 heterocycles. The Labute approximate surface area is 551 Å². The van der Waals surface area contributed by atoms with Gasteiger partial charge in [-0.05, 0) is 159 Å². The van der Waals surface area contributed by atoms with Crippen molar-refractivity contribution in [3.05, 3.63) is 91.0 Å². The number of carbonyl (C=O) groups is 8. The molecule has 1 saturated heterocycles. The second kappa shape index (κ2) is 36.8. The number of aromatic nitrogens is 2. The van der Waals surface area contributed by atoms with Crippen LogP contribution in [0.25, 0.3) is 27.8 Å². The third kappa shape index (κ3) is 22.8. The third-order valence-electron chi connectivity index (χ3n) is 16.2. The number of nitrogens with one attached hydrogen (secondary N) is 8. The Balaban J connectivity index is 1.03. The average molecular weight is 1300 g/mol. The number of nitrogens with zero attached hydrogens (tertiary/aromatic N) is 7. The first kappa shape index (κ1) is 73.7. The van der Waals surface area contributed by atoms with Crippen molar-refractivity contribution in [1.82, 2.24) is 47.5 Å². The Morgan fingerprint density at radius 2 is 1.19 bits per heavy atom. The quantitative estimate of drug-likeness (QED) is 0.00670. The highest BCUT2D eigenvalue weighted by molar-refractivity contribution is 5.97. The molecule has 0 bridgehead atoms. The van der Waals surface area contributed by atoms with E-state index in [1.807, 2.05) is 100 Å². The topological polar surface area (TPSA) is 368 Å². The van der Waals surface area contributed by atoms with Crippen molar-refractivity contribution in [2.24, 2.45) is 38.5 Å². The number of carboxylic acid groups (broad SMARTS) is 1. The van der Waals surface area contributed by atoms with Gasteiger partial charge in [0.05, 0.1) is 29.4 Å². The van der Waals surface area contributed by atoms with Crippen LogP contribution in [0.4, 0.5) is 22.7 Å². The van der Waals surface area contributed by atoms with E-state index in [1.165, 1.54) is 13.8 Å². The van der Waals surface area contributed by atoms with Crippen molar-refractivity contribution in [3.8, 4) is 5.69 Å². The Morgan fingerprint density at radius 1 is 0.638 bits per heavy atom. The zero-order valence-electron chi connectivity index (χ0n) is 55.8. The molecule has 26 nitrogen and oxygen atoms in total. The molecule has 6 rings (SSSR count). The summed E-state index contributed by atoms with van der Waals surface area (Å²) in [5.41, 5.74) is 18.7. The minimum atomic E-state index is -1.55. The van der Waals surface area contributed by atoms with Gasteiger partial charge in [0, 0.05) is 81.8 Å². The van der Waals surface area contributed by atoms with Crippen LogP contribution in [0.2, 0.25) is 0 Å². The minimum Gasteiger partial charge on any atom is -0.548 e. The summed E-state index contributed by atoms with van der Waals surface area (Å²) in [7, 11) is 1.94. The first-order chi connectivity index (χ1) is 44.9. The van der Waals surface area contributed by atoms with Crippen LogP contribution < -0.4 is 73.5 Å². The number of amides is 7. The van der Waals surface area contributed by atoms with Gasteiger partial charge in [0.2, 0.25) is 58.1 Å². The lowest BCUT2D eigenvalue weighted by atomic mass is 10.0. The summed E-state index contributed by atoms with van der Waals surface area (Å²) < 4.78 is 2.22. The Bertz CT molecular complexity index is 3430. The first-order valence-corrected chi connectivity index (χ1v) is 32.9. The number of hydrogen-bond acceptors (Lipinski definition) is 16. The first-order valence-electron chi connectivity index (χ1n) is 32.9. The van der Waals surface area contributed by atoms with Crippen LogP contribution >= 0.6 is 0 Å². The molecular weight excluding hydrogens is 1200 g/mol. The van der Waals surface area contributed by atoms with Gasteiger partial charge < -0.3 is 73.7 Å². The van der Waals surface area contributed by atoms with Gasteiger partial charge in [-0.2, -0.15) is 10.2 Å². The molecule has 0 aliphatic carbocycles. The van der Waals surface area contributed by atoms with Crippen molar-refractivity contribution in [2.45, 2.75) is 168 Å². The number of fused-ring (bicyclic) bond motifs is 2. The second-order valence-corrected chi connectivity index (χ2v) is 24.8. The van der Waals surface area contributed by atoms with E-state index < -0.39 is 77.8 Å². The average Bonchev–Trinajstić information content (AvgIpc) is 0.787. The number of rotatable bonds is 37. The third-order valence-corrected chi connectivity index (χ3v) is 16.2. The number of carbonyl (C=O) groups excluding carboxylic acids is 8. The van der Waals surface area contributed by atoms with Crippen molar-refractivity contribution in [1.29, 1.82) is 0 Å². The van der Waals surface area contributed by atoms with E-state index in [2.05, 4.69) is 111 Å². The number of azo groups is 1. The number of benzene rings is 4. The Kier molecular flexibility index (Phi) is 28.9. The number of hydrogen-bond donors (Lipinski definition) is 10. The molecule has 4 aromatic carbocycles. The van der Waals surface area contributed by atoms with Gasteiger partial charge in [-0.25, -0.2) is 4.98 Å². The van der Waals surface area contributed by atoms with Crippen LogP contribution in [0.3, 0.4) is 0 Å². The maximum Gasteiger partial charge on any atom is 0.243 e. The van der Waals surface area contributed by atoms with E-state index in [1.54, 1.807) is 0 Å². The number of anilines is 2. The van der Waals surface area contributed by atoms with Crippen molar-refractivity contribution in [3.63, 3.8) is 0 Å². The molecule has 5 aromatic rings. The molecule has 0 saturated carbocycles. The maximum atomic E-state index is 14.2. The highest BCUT2D eigenvalue weighted by Crippen LogP contribution is 2.28. The van der Waals surface area contributed by atoms with Gasteiger partial charge in [-0.15, -0.1) is 4.57 Å². The van der Waals surface area contributed by atoms with E-state index in [0.29, 0.717) is 56.6 Å². The molecule has 94 heavy (non-hydrogen) atoms. The number of aliphatic imine (C=N–C) groups is 1. The fraction of sp³-hybridized carbons (Fsp3) is 0.515. The minimum absolute atomic E-state index is 0.0314. The zero-order valence-corrected chi connectivity index (χ0v) is 55.8. The molecule has 1 aromatic heterocycles. The largest absolute Gasteiger partial charge is 0.548 e. The van der Waals surface area contributed by atoms with E-state index in [4.69, 9.17) is 16.5 Å². The van der Waals surface area contributed by atoms with E-state index >= 15 is 0 Å². The van der Waals surface area contributed by atoms with Crippen molar-refractivity contribution < 1.29 is 48.0 Å². The molecule has 0 unspecified atom stereocenters. The Morgan fingerprint density at radius 3 is 1.80 bits per heavy atom. The molecule has 508 valence electrons. The molecule has 7 amide bonds. The lowest BCUT2D eigenvalue weighted by Crippen LogP contribution is -2.59. The smallest absolute Gasteiger partial charge is 0.243 e.